The van der Waals surface area contributed by atoms with Crippen LogP contribution in [0.2, 0.25) is 0 Å². The van der Waals surface area contributed by atoms with Crippen molar-refractivity contribution >= 4 is 17.8 Å². The lowest BCUT2D eigenvalue weighted by atomic mass is 9.67. The summed E-state index contributed by atoms with van der Waals surface area (Å²) < 4.78 is 5.32. The zero-order chi connectivity index (χ0) is 18.7. The third-order valence-corrected chi connectivity index (χ3v) is 4.47. The van der Waals surface area contributed by atoms with E-state index in [1.54, 1.807) is 45.0 Å². The standard InChI is InChI=1S/C19H25NO5/c1-18(2,3)25-17(24)20-15(13-7-5-4-6-8-13)19(16(22)23)11-9-14(21)10-12-19/h4-8,15H,9-12H2,1-3H3,(H,20,24)(H,22,23). The molecule has 1 fully saturated rings. The molecule has 0 aliphatic heterocycles. The molecule has 1 aromatic rings. The molecule has 0 radical (unpaired) electrons. The summed E-state index contributed by atoms with van der Waals surface area (Å²) in [5.41, 5.74) is -1.23. The number of benzene rings is 1. The zero-order valence-corrected chi connectivity index (χ0v) is 14.9. The first-order valence-electron chi connectivity index (χ1n) is 8.44. The van der Waals surface area contributed by atoms with Gasteiger partial charge in [-0.25, -0.2) is 4.79 Å². The fourth-order valence-corrected chi connectivity index (χ4v) is 3.21. The largest absolute Gasteiger partial charge is 0.481 e. The summed E-state index contributed by atoms with van der Waals surface area (Å²) in [4.78, 5) is 36.1. The number of Topliss-reactive ketones (excluding diaryl/α,β-unsaturated/α-hetero) is 1. The van der Waals surface area contributed by atoms with E-state index in [9.17, 15) is 19.5 Å². The van der Waals surface area contributed by atoms with Crippen LogP contribution in [0.4, 0.5) is 4.79 Å². The van der Waals surface area contributed by atoms with Crippen molar-refractivity contribution in [2.75, 3.05) is 0 Å². The Kier molecular flexibility index (Phi) is 5.50. The fourth-order valence-electron chi connectivity index (χ4n) is 3.21. The van der Waals surface area contributed by atoms with Crippen LogP contribution in [0.15, 0.2) is 30.3 Å². The molecule has 1 saturated carbocycles. The van der Waals surface area contributed by atoms with E-state index in [1.165, 1.54) is 0 Å². The number of carboxylic acid groups (broad SMARTS) is 1. The molecule has 6 heteroatoms. The fraction of sp³-hybridized carbons (Fsp3) is 0.526. The van der Waals surface area contributed by atoms with Crippen LogP contribution in [0.5, 0.6) is 0 Å². The topological polar surface area (TPSA) is 92.7 Å². The number of alkyl carbamates (subject to hydrolysis) is 1. The maximum atomic E-state index is 12.3. The maximum absolute atomic E-state index is 12.3. The Hall–Kier alpha value is -2.37. The van der Waals surface area contributed by atoms with E-state index in [1.807, 2.05) is 6.07 Å². The number of ketones is 1. The van der Waals surface area contributed by atoms with E-state index < -0.39 is 29.1 Å². The van der Waals surface area contributed by atoms with Crippen molar-refractivity contribution in [2.45, 2.75) is 58.1 Å². The first-order chi connectivity index (χ1) is 11.6. The summed E-state index contributed by atoms with van der Waals surface area (Å²) in [5, 5.41) is 12.7. The highest BCUT2D eigenvalue weighted by molar-refractivity contribution is 5.85. The van der Waals surface area contributed by atoms with E-state index in [0.29, 0.717) is 5.56 Å². The van der Waals surface area contributed by atoms with Gasteiger partial charge in [-0.2, -0.15) is 0 Å². The molecule has 1 atom stereocenters. The number of carbonyl (C=O) groups excluding carboxylic acids is 2. The summed E-state index contributed by atoms with van der Waals surface area (Å²) in [7, 11) is 0. The second-order valence-corrected chi connectivity index (χ2v) is 7.49. The van der Waals surface area contributed by atoms with Crippen LogP contribution in [-0.2, 0) is 14.3 Å². The number of ether oxygens (including phenoxy) is 1. The van der Waals surface area contributed by atoms with Gasteiger partial charge < -0.3 is 15.2 Å². The molecule has 2 rings (SSSR count). The van der Waals surface area contributed by atoms with Gasteiger partial charge in [0.15, 0.2) is 0 Å². The van der Waals surface area contributed by atoms with Crippen LogP contribution < -0.4 is 5.32 Å². The highest BCUT2D eigenvalue weighted by Gasteiger charge is 2.49. The molecule has 0 spiro atoms. The predicted molar refractivity (Wildman–Crippen MR) is 92.1 cm³/mol. The number of carboxylic acids is 1. The summed E-state index contributed by atoms with van der Waals surface area (Å²) >= 11 is 0. The number of hydrogen-bond acceptors (Lipinski definition) is 4. The minimum absolute atomic E-state index is 0.0564. The van der Waals surface area contributed by atoms with Gasteiger partial charge in [0, 0.05) is 12.8 Å². The second-order valence-electron chi connectivity index (χ2n) is 7.49. The van der Waals surface area contributed by atoms with Crippen LogP contribution in [0.1, 0.15) is 58.1 Å². The van der Waals surface area contributed by atoms with Gasteiger partial charge in [0.1, 0.15) is 11.4 Å². The molecule has 0 aromatic heterocycles. The Labute approximate surface area is 147 Å². The molecule has 6 nitrogen and oxygen atoms in total. The molecule has 1 unspecified atom stereocenters. The van der Waals surface area contributed by atoms with E-state index in [0.717, 1.165) is 0 Å². The highest BCUT2D eigenvalue weighted by atomic mass is 16.6. The minimum atomic E-state index is -1.23. The number of rotatable bonds is 4. The van der Waals surface area contributed by atoms with E-state index >= 15 is 0 Å². The van der Waals surface area contributed by atoms with Crippen LogP contribution in [0.3, 0.4) is 0 Å². The van der Waals surface area contributed by atoms with Gasteiger partial charge >= 0.3 is 12.1 Å². The summed E-state index contributed by atoms with van der Waals surface area (Å²) in [6, 6.07) is 8.21. The molecule has 1 aromatic carbocycles. The molecule has 1 aliphatic rings. The van der Waals surface area contributed by atoms with Crippen molar-refractivity contribution in [3.63, 3.8) is 0 Å². The second kappa shape index (κ2) is 7.25. The zero-order valence-electron chi connectivity index (χ0n) is 14.9. The Bertz CT molecular complexity index is 638. The third-order valence-electron chi connectivity index (χ3n) is 4.47. The lowest BCUT2D eigenvalue weighted by Gasteiger charge is -2.40. The molecule has 2 N–H and O–H groups in total. The van der Waals surface area contributed by atoms with Crippen molar-refractivity contribution in [2.24, 2.45) is 5.41 Å². The first-order valence-corrected chi connectivity index (χ1v) is 8.44. The summed E-state index contributed by atoms with van der Waals surface area (Å²) in [5.74, 6) is -0.953. The van der Waals surface area contributed by atoms with Gasteiger partial charge in [-0.3, -0.25) is 9.59 Å². The van der Waals surface area contributed by atoms with Gasteiger partial charge in [-0.15, -0.1) is 0 Å². The van der Waals surface area contributed by atoms with E-state index in [4.69, 9.17) is 4.74 Å². The van der Waals surface area contributed by atoms with Crippen molar-refractivity contribution in [1.29, 1.82) is 0 Å². The van der Waals surface area contributed by atoms with Gasteiger partial charge in [0.2, 0.25) is 0 Å². The van der Waals surface area contributed by atoms with Crippen molar-refractivity contribution < 1.29 is 24.2 Å². The number of amides is 1. The van der Waals surface area contributed by atoms with Crippen molar-refractivity contribution in [3.8, 4) is 0 Å². The third kappa shape index (κ3) is 4.59. The van der Waals surface area contributed by atoms with E-state index in [-0.39, 0.29) is 31.5 Å². The number of nitrogens with one attached hydrogen (secondary N) is 1. The first kappa shape index (κ1) is 19.0. The van der Waals surface area contributed by atoms with Gasteiger partial charge in [-0.05, 0) is 39.2 Å². The Morgan fingerprint density at radius 2 is 1.72 bits per heavy atom. The monoisotopic (exact) mass is 347 g/mol. The quantitative estimate of drug-likeness (QED) is 0.870. The molecule has 1 amide bonds. The molecule has 0 heterocycles. The molecule has 0 saturated heterocycles. The van der Waals surface area contributed by atoms with Gasteiger partial charge in [0.25, 0.3) is 0 Å². The highest BCUT2D eigenvalue weighted by Crippen LogP contribution is 2.45. The summed E-state index contributed by atoms with van der Waals surface area (Å²) in [6.07, 6.45) is 0.114. The molecule has 0 bridgehead atoms. The normalized spacial score (nSPS) is 18.3. The summed E-state index contributed by atoms with van der Waals surface area (Å²) in [6.45, 7) is 5.24. The van der Waals surface area contributed by atoms with Crippen LogP contribution in [0, 0.1) is 5.41 Å². The molecule has 136 valence electrons. The SMILES string of the molecule is CC(C)(C)OC(=O)NC(c1ccccc1)C1(C(=O)O)CCC(=O)CC1. The Balaban J connectivity index is 2.38. The lowest BCUT2D eigenvalue weighted by Crippen LogP contribution is -2.49. The molecular formula is C19H25NO5. The lowest BCUT2D eigenvalue weighted by molar-refractivity contribution is -0.154. The predicted octanol–water partition coefficient (Wildman–Crippen LogP) is 3.47. The number of aliphatic carboxylic acids is 1. The van der Waals surface area contributed by atoms with E-state index in [2.05, 4.69) is 5.32 Å². The molecular weight excluding hydrogens is 322 g/mol. The van der Waals surface area contributed by atoms with Gasteiger partial charge in [-0.1, -0.05) is 30.3 Å². The average molecular weight is 347 g/mol. The van der Waals surface area contributed by atoms with Crippen molar-refractivity contribution in [1.82, 2.24) is 5.32 Å². The Morgan fingerprint density at radius 1 is 1.16 bits per heavy atom. The van der Waals surface area contributed by atoms with Crippen LogP contribution >= 0.6 is 0 Å². The molecule has 1 aliphatic carbocycles. The van der Waals surface area contributed by atoms with Crippen LogP contribution in [-0.4, -0.2) is 28.6 Å². The average Bonchev–Trinajstić information content (AvgIpc) is 2.53. The Morgan fingerprint density at radius 3 is 2.20 bits per heavy atom. The maximum Gasteiger partial charge on any atom is 0.408 e. The number of hydrogen-bond donors (Lipinski definition) is 2. The van der Waals surface area contributed by atoms with Crippen LogP contribution in [0.25, 0.3) is 0 Å². The number of carbonyl (C=O) groups is 3. The van der Waals surface area contributed by atoms with Gasteiger partial charge in [0.05, 0.1) is 11.5 Å². The smallest absolute Gasteiger partial charge is 0.408 e. The minimum Gasteiger partial charge on any atom is -0.481 e. The molecule has 25 heavy (non-hydrogen) atoms. The van der Waals surface area contributed by atoms with Crippen molar-refractivity contribution in [3.05, 3.63) is 35.9 Å².